The Bertz CT molecular complexity index is 499. The van der Waals surface area contributed by atoms with Crippen LogP contribution in [0.2, 0.25) is 0 Å². The molecule has 1 atom stereocenters. The van der Waals surface area contributed by atoms with Crippen LogP contribution in [0.15, 0.2) is 16.6 Å². The van der Waals surface area contributed by atoms with Crippen molar-refractivity contribution in [2.45, 2.75) is 25.9 Å². The molecule has 0 radical (unpaired) electrons. The van der Waals surface area contributed by atoms with Crippen LogP contribution in [0.25, 0.3) is 0 Å². The fourth-order valence-corrected chi connectivity index (χ4v) is 3.10. The first-order valence-corrected chi connectivity index (χ1v) is 9.16. The van der Waals surface area contributed by atoms with Crippen molar-refractivity contribution in [1.82, 2.24) is 5.32 Å². The Kier molecular flexibility index (Phi) is 8.67. The highest BCUT2D eigenvalue weighted by molar-refractivity contribution is 9.10. The van der Waals surface area contributed by atoms with Gasteiger partial charge in [-0.1, -0.05) is 0 Å². The molecule has 0 aromatic heterocycles. The van der Waals surface area contributed by atoms with Gasteiger partial charge in [0.15, 0.2) is 11.5 Å². The van der Waals surface area contributed by atoms with Gasteiger partial charge in [-0.2, -0.15) is 11.8 Å². The van der Waals surface area contributed by atoms with Crippen molar-refractivity contribution in [3.8, 4) is 11.5 Å². The standard InChI is InChI=1S/C15H22BrNO4S/c1-4-21-13-8-10(7-11(16)14(13)20-2)9-17-12(15(18)19)5-6-22-3/h7-8,12,17H,4-6,9H2,1-3H3,(H,18,19). The van der Waals surface area contributed by atoms with Crippen molar-refractivity contribution in [2.75, 3.05) is 25.7 Å². The Labute approximate surface area is 143 Å². The van der Waals surface area contributed by atoms with Crippen molar-refractivity contribution in [3.63, 3.8) is 0 Å². The maximum absolute atomic E-state index is 11.2. The van der Waals surface area contributed by atoms with Gasteiger partial charge in [0.05, 0.1) is 18.2 Å². The molecular weight excluding hydrogens is 370 g/mol. The van der Waals surface area contributed by atoms with E-state index in [4.69, 9.17) is 9.47 Å². The van der Waals surface area contributed by atoms with Crippen LogP contribution in [0.4, 0.5) is 0 Å². The predicted molar refractivity (Wildman–Crippen MR) is 93.1 cm³/mol. The van der Waals surface area contributed by atoms with Gasteiger partial charge >= 0.3 is 5.97 Å². The fourth-order valence-electron chi connectivity index (χ4n) is 1.97. The van der Waals surface area contributed by atoms with Gasteiger partial charge in [0.1, 0.15) is 6.04 Å². The van der Waals surface area contributed by atoms with Gasteiger partial charge in [0, 0.05) is 6.54 Å². The second kappa shape index (κ2) is 9.97. The summed E-state index contributed by atoms with van der Waals surface area (Å²) >= 11 is 5.09. The topological polar surface area (TPSA) is 67.8 Å². The zero-order valence-corrected chi connectivity index (χ0v) is 15.4. The quantitative estimate of drug-likeness (QED) is 0.638. The minimum atomic E-state index is -0.827. The van der Waals surface area contributed by atoms with E-state index < -0.39 is 12.0 Å². The maximum Gasteiger partial charge on any atom is 0.320 e. The molecule has 0 aliphatic heterocycles. The Morgan fingerprint density at radius 1 is 1.50 bits per heavy atom. The Balaban J connectivity index is 2.81. The lowest BCUT2D eigenvalue weighted by molar-refractivity contribution is -0.139. The van der Waals surface area contributed by atoms with Crippen molar-refractivity contribution < 1.29 is 19.4 Å². The van der Waals surface area contributed by atoms with E-state index in [9.17, 15) is 9.90 Å². The summed E-state index contributed by atoms with van der Waals surface area (Å²) in [5, 5.41) is 12.3. The maximum atomic E-state index is 11.2. The minimum absolute atomic E-state index is 0.452. The number of thioether (sulfide) groups is 1. The molecule has 1 unspecified atom stereocenters. The molecule has 2 N–H and O–H groups in total. The Morgan fingerprint density at radius 3 is 2.77 bits per heavy atom. The molecule has 0 aliphatic rings. The van der Waals surface area contributed by atoms with Crippen molar-refractivity contribution in [1.29, 1.82) is 0 Å². The second-order valence-corrected chi connectivity index (χ2v) is 6.44. The summed E-state index contributed by atoms with van der Waals surface area (Å²) in [6, 6.07) is 3.22. The lowest BCUT2D eigenvalue weighted by Gasteiger charge is -2.16. The summed E-state index contributed by atoms with van der Waals surface area (Å²) < 4.78 is 11.7. The predicted octanol–water partition coefficient (Wildman–Crippen LogP) is 3.15. The Morgan fingerprint density at radius 2 is 2.23 bits per heavy atom. The van der Waals surface area contributed by atoms with Crippen LogP contribution in [-0.2, 0) is 11.3 Å². The van der Waals surface area contributed by atoms with Crippen molar-refractivity contribution >= 4 is 33.7 Å². The number of methoxy groups -OCH3 is 1. The van der Waals surface area contributed by atoms with E-state index in [-0.39, 0.29) is 0 Å². The lowest BCUT2D eigenvalue weighted by atomic mass is 10.1. The third-order valence-electron chi connectivity index (χ3n) is 3.03. The molecule has 1 aromatic carbocycles. The zero-order chi connectivity index (χ0) is 16.5. The lowest BCUT2D eigenvalue weighted by Crippen LogP contribution is -2.36. The smallest absolute Gasteiger partial charge is 0.320 e. The molecule has 0 heterocycles. The summed E-state index contributed by atoms with van der Waals surface area (Å²) in [5.41, 5.74) is 0.937. The molecule has 0 fully saturated rings. The molecule has 1 rings (SSSR count). The monoisotopic (exact) mass is 391 g/mol. The van der Waals surface area contributed by atoms with Crippen molar-refractivity contribution in [2.24, 2.45) is 0 Å². The number of carbonyl (C=O) groups is 1. The molecule has 0 bridgehead atoms. The first kappa shape index (κ1) is 19.1. The molecule has 0 amide bonds. The van der Waals surface area contributed by atoms with Crippen LogP contribution >= 0.6 is 27.7 Å². The van der Waals surface area contributed by atoms with Crippen LogP contribution in [0.5, 0.6) is 11.5 Å². The highest BCUT2D eigenvalue weighted by Crippen LogP contribution is 2.36. The number of aliphatic carboxylic acids is 1. The summed E-state index contributed by atoms with van der Waals surface area (Å²) in [6.07, 6.45) is 2.56. The van der Waals surface area contributed by atoms with Crippen molar-refractivity contribution in [3.05, 3.63) is 22.2 Å². The summed E-state index contributed by atoms with van der Waals surface area (Å²) in [7, 11) is 1.59. The van der Waals surface area contributed by atoms with Gasteiger partial charge in [0.2, 0.25) is 0 Å². The van der Waals surface area contributed by atoms with Crippen LogP contribution in [-0.4, -0.2) is 42.8 Å². The third kappa shape index (κ3) is 5.70. The summed E-state index contributed by atoms with van der Waals surface area (Å²) in [6.45, 7) is 2.89. The van der Waals surface area contributed by atoms with Crippen LogP contribution in [0, 0.1) is 0 Å². The average molecular weight is 392 g/mol. The van der Waals surface area contributed by atoms with Crippen LogP contribution in [0.1, 0.15) is 18.9 Å². The number of nitrogens with one attached hydrogen (secondary N) is 1. The molecule has 7 heteroatoms. The highest BCUT2D eigenvalue weighted by Gasteiger charge is 2.17. The fraction of sp³-hybridized carbons (Fsp3) is 0.533. The number of hydrogen-bond acceptors (Lipinski definition) is 5. The zero-order valence-electron chi connectivity index (χ0n) is 13.0. The first-order valence-electron chi connectivity index (χ1n) is 6.97. The number of carboxylic acids is 1. The van der Waals surface area contributed by atoms with Gasteiger partial charge in [-0.15, -0.1) is 0 Å². The largest absolute Gasteiger partial charge is 0.492 e. The SMILES string of the molecule is CCOc1cc(CNC(CCSC)C(=O)O)cc(Br)c1OC. The molecule has 0 spiro atoms. The Hall–Kier alpha value is -0.920. The van der Waals surface area contributed by atoms with E-state index in [1.54, 1.807) is 18.9 Å². The van der Waals surface area contributed by atoms with Crippen LogP contribution in [0.3, 0.4) is 0 Å². The molecule has 124 valence electrons. The number of carboxylic acid groups (broad SMARTS) is 1. The normalized spacial score (nSPS) is 12.0. The molecular formula is C15H22BrNO4S. The number of rotatable bonds is 10. The van der Waals surface area contributed by atoms with Crippen LogP contribution < -0.4 is 14.8 Å². The number of hydrogen-bond donors (Lipinski definition) is 2. The molecule has 0 aliphatic carbocycles. The van der Waals surface area contributed by atoms with Gasteiger partial charge in [-0.3, -0.25) is 4.79 Å². The molecule has 0 saturated carbocycles. The molecule has 5 nitrogen and oxygen atoms in total. The van der Waals surface area contributed by atoms with E-state index >= 15 is 0 Å². The van der Waals surface area contributed by atoms with E-state index in [2.05, 4.69) is 21.2 Å². The minimum Gasteiger partial charge on any atom is -0.492 e. The summed E-state index contributed by atoms with van der Waals surface area (Å²) in [5.74, 6) is 1.27. The third-order valence-corrected chi connectivity index (χ3v) is 4.27. The van der Waals surface area contributed by atoms with Gasteiger partial charge in [0.25, 0.3) is 0 Å². The molecule has 22 heavy (non-hydrogen) atoms. The highest BCUT2D eigenvalue weighted by atomic mass is 79.9. The number of halogens is 1. The molecule has 1 aromatic rings. The van der Waals surface area contributed by atoms with E-state index in [1.807, 2.05) is 25.3 Å². The van der Waals surface area contributed by atoms with Gasteiger partial charge < -0.3 is 19.9 Å². The number of ether oxygens (including phenoxy) is 2. The average Bonchev–Trinajstić information content (AvgIpc) is 2.47. The number of benzene rings is 1. The van der Waals surface area contributed by atoms with E-state index in [0.717, 1.165) is 15.8 Å². The molecule has 0 saturated heterocycles. The first-order chi connectivity index (χ1) is 10.5. The van der Waals surface area contributed by atoms with E-state index in [0.29, 0.717) is 31.1 Å². The van der Waals surface area contributed by atoms with Gasteiger partial charge in [-0.05, 0) is 59.0 Å². The van der Waals surface area contributed by atoms with Gasteiger partial charge in [-0.25, -0.2) is 0 Å². The summed E-state index contributed by atoms with van der Waals surface area (Å²) in [4.78, 5) is 11.2. The second-order valence-electron chi connectivity index (χ2n) is 4.60. The van der Waals surface area contributed by atoms with E-state index in [1.165, 1.54) is 0 Å².